The first-order valence-corrected chi connectivity index (χ1v) is 9.88. The zero-order valence-corrected chi connectivity index (χ0v) is 15.5. The zero-order chi connectivity index (χ0) is 18.1. The van der Waals surface area contributed by atoms with E-state index in [0.29, 0.717) is 38.9 Å². The van der Waals surface area contributed by atoms with E-state index < -0.39 is 12.1 Å². The van der Waals surface area contributed by atoms with E-state index in [9.17, 15) is 9.59 Å². The second-order valence-electron chi connectivity index (χ2n) is 5.69. The summed E-state index contributed by atoms with van der Waals surface area (Å²) >= 11 is 3.25. The van der Waals surface area contributed by atoms with E-state index in [0.717, 1.165) is 9.75 Å². The van der Waals surface area contributed by atoms with E-state index in [-0.39, 0.29) is 5.91 Å². The van der Waals surface area contributed by atoms with Crippen LogP contribution in [0.1, 0.15) is 29.0 Å². The lowest BCUT2D eigenvalue weighted by Gasteiger charge is -2.25. The third-order valence-corrected chi connectivity index (χ3v) is 5.42. The standard InChI is InChI=1S/C17H23N3O3S2/c18-15(7-1-2-8-19-17(22)23)16(21)20(11-13-5-3-9-24-13)12-14-6-4-10-25-14/h3-6,9-10,15,19H,1-2,7-8,11-12,18H2,(H,22,23)/t15-/m1/s1. The molecule has 0 aliphatic rings. The fourth-order valence-electron chi connectivity index (χ4n) is 2.44. The Morgan fingerprint density at radius 3 is 2.20 bits per heavy atom. The Bertz CT molecular complexity index is 608. The van der Waals surface area contributed by atoms with E-state index in [2.05, 4.69) is 5.32 Å². The molecule has 2 amide bonds. The molecule has 6 nitrogen and oxygen atoms in total. The van der Waals surface area contributed by atoms with Crippen LogP contribution in [0.15, 0.2) is 35.0 Å². The minimum Gasteiger partial charge on any atom is -0.465 e. The molecule has 0 aromatic carbocycles. The Hall–Kier alpha value is -1.90. The molecular formula is C17H23N3O3S2. The smallest absolute Gasteiger partial charge is 0.404 e. The SMILES string of the molecule is N[C@H](CCCCNC(=O)O)C(=O)N(Cc1cccs1)Cc1cccs1. The average molecular weight is 382 g/mol. The number of nitrogens with zero attached hydrogens (tertiary/aromatic N) is 1. The van der Waals surface area contributed by atoms with Gasteiger partial charge in [0.2, 0.25) is 5.91 Å². The first-order valence-electron chi connectivity index (χ1n) is 8.12. The highest BCUT2D eigenvalue weighted by molar-refractivity contribution is 7.10. The predicted octanol–water partition coefficient (Wildman–Crippen LogP) is 3.10. The monoisotopic (exact) mass is 381 g/mol. The number of amides is 2. The maximum absolute atomic E-state index is 12.8. The number of nitrogens with two attached hydrogens (primary N) is 1. The summed E-state index contributed by atoms with van der Waals surface area (Å²) in [7, 11) is 0. The van der Waals surface area contributed by atoms with Crippen molar-refractivity contribution in [3.63, 3.8) is 0 Å². The molecule has 0 aliphatic heterocycles. The van der Waals surface area contributed by atoms with E-state index in [1.807, 2.05) is 35.0 Å². The first kappa shape index (κ1) is 19.4. The van der Waals surface area contributed by atoms with E-state index in [1.165, 1.54) is 0 Å². The number of nitrogens with one attached hydrogen (secondary N) is 1. The van der Waals surface area contributed by atoms with Crippen LogP contribution in [-0.4, -0.2) is 34.6 Å². The Kier molecular flexibility index (Phi) is 7.90. The van der Waals surface area contributed by atoms with Gasteiger partial charge in [-0.1, -0.05) is 12.1 Å². The molecule has 0 bridgehead atoms. The van der Waals surface area contributed by atoms with Gasteiger partial charge < -0.3 is 21.1 Å². The Labute approximate surface area is 155 Å². The van der Waals surface area contributed by atoms with Gasteiger partial charge in [-0.15, -0.1) is 22.7 Å². The topological polar surface area (TPSA) is 95.7 Å². The molecule has 2 rings (SSSR count). The largest absolute Gasteiger partial charge is 0.465 e. The molecule has 0 fully saturated rings. The van der Waals surface area contributed by atoms with Gasteiger partial charge in [0, 0.05) is 16.3 Å². The van der Waals surface area contributed by atoms with Gasteiger partial charge in [0.05, 0.1) is 19.1 Å². The quantitative estimate of drug-likeness (QED) is 0.551. The van der Waals surface area contributed by atoms with Crippen LogP contribution in [0.2, 0.25) is 0 Å². The Morgan fingerprint density at radius 2 is 1.72 bits per heavy atom. The molecule has 2 aromatic rings. The number of hydrogen-bond acceptors (Lipinski definition) is 5. The van der Waals surface area contributed by atoms with Crippen molar-refractivity contribution in [3.05, 3.63) is 44.8 Å². The van der Waals surface area contributed by atoms with Crippen molar-refractivity contribution in [2.75, 3.05) is 6.54 Å². The van der Waals surface area contributed by atoms with E-state index in [4.69, 9.17) is 10.8 Å². The van der Waals surface area contributed by atoms with Gasteiger partial charge in [0.15, 0.2) is 0 Å². The zero-order valence-electron chi connectivity index (χ0n) is 13.9. The molecule has 0 unspecified atom stereocenters. The van der Waals surface area contributed by atoms with Gasteiger partial charge >= 0.3 is 6.09 Å². The van der Waals surface area contributed by atoms with Crippen molar-refractivity contribution >= 4 is 34.7 Å². The second-order valence-corrected chi connectivity index (χ2v) is 7.75. The predicted molar refractivity (Wildman–Crippen MR) is 101 cm³/mol. The molecule has 0 spiro atoms. The molecule has 25 heavy (non-hydrogen) atoms. The molecule has 0 aliphatic carbocycles. The number of unbranched alkanes of at least 4 members (excludes halogenated alkanes) is 1. The molecule has 0 saturated heterocycles. The molecule has 4 N–H and O–H groups in total. The lowest BCUT2D eigenvalue weighted by Crippen LogP contribution is -2.42. The fourth-order valence-corrected chi connectivity index (χ4v) is 3.87. The third-order valence-electron chi connectivity index (χ3n) is 3.70. The van der Waals surface area contributed by atoms with Crippen LogP contribution in [0.5, 0.6) is 0 Å². The fraction of sp³-hybridized carbons (Fsp3) is 0.412. The summed E-state index contributed by atoms with van der Waals surface area (Å²) in [6.07, 6.45) is 0.895. The van der Waals surface area contributed by atoms with Crippen molar-refractivity contribution in [2.45, 2.75) is 38.4 Å². The summed E-state index contributed by atoms with van der Waals surface area (Å²) in [6, 6.07) is 7.42. The van der Waals surface area contributed by atoms with Crippen molar-refractivity contribution in [3.8, 4) is 0 Å². The maximum Gasteiger partial charge on any atom is 0.404 e. The average Bonchev–Trinajstić information content (AvgIpc) is 3.26. The van der Waals surface area contributed by atoms with Crippen molar-refractivity contribution in [1.82, 2.24) is 10.2 Å². The maximum atomic E-state index is 12.8. The van der Waals surface area contributed by atoms with Crippen LogP contribution in [0.4, 0.5) is 4.79 Å². The number of carboxylic acid groups (broad SMARTS) is 1. The van der Waals surface area contributed by atoms with Gasteiger partial charge in [-0.05, 0) is 42.2 Å². The normalized spacial score (nSPS) is 11.9. The summed E-state index contributed by atoms with van der Waals surface area (Å²) < 4.78 is 0. The molecule has 0 saturated carbocycles. The highest BCUT2D eigenvalue weighted by Gasteiger charge is 2.22. The summed E-state index contributed by atoms with van der Waals surface area (Å²) in [6.45, 7) is 1.50. The summed E-state index contributed by atoms with van der Waals surface area (Å²) in [5.74, 6) is -0.0620. The van der Waals surface area contributed by atoms with E-state index >= 15 is 0 Å². The summed E-state index contributed by atoms with van der Waals surface area (Å²) in [5.41, 5.74) is 6.10. The highest BCUT2D eigenvalue weighted by atomic mass is 32.1. The molecule has 136 valence electrons. The summed E-state index contributed by atoms with van der Waals surface area (Å²) in [5, 5.41) is 14.8. The van der Waals surface area contributed by atoms with Gasteiger partial charge in [0.25, 0.3) is 0 Å². The number of thiophene rings is 2. The highest BCUT2D eigenvalue weighted by Crippen LogP contribution is 2.18. The van der Waals surface area contributed by atoms with Crippen LogP contribution >= 0.6 is 22.7 Å². The number of carbonyl (C=O) groups is 2. The summed E-state index contributed by atoms with van der Waals surface area (Å²) in [4.78, 5) is 27.2. The van der Waals surface area contributed by atoms with Gasteiger partial charge in [-0.25, -0.2) is 4.79 Å². The lowest BCUT2D eigenvalue weighted by molar-refractivity contribution is -0.134. The van der Waals surface area contributed by atoms with Crippen molar-refractivity contribution in [1.29, 1.82) is 0 Å². The molecule has 1 atom stereocenters. The van der Waals surface area contributed by atoms with E-state index in [1.54, 1.807) is 27.6 Å². The third kappa shape index (κ3) is 6.85. The number of rotatable bonds is 10. The van der Waals surface area contributed by atoms with Crippen LogP contribution in [0.25, 0.3) is 0 Å². The van der Waals surface area contributed by atoms with Gasteiger partial charge in [0.1, 0.15) is 0 Å². The Morgan fingerprint density at radius 1 is 1.12 bits per heavy atom. The van der Waals surface area contributed by atoms with Crippen LogP contribution in [0.3, 0.4) is 0 Å². The van der Waals surface area contributed by atoms with Crippen molar-refractivity contribution in [2.24, 2.45) is 5.73 Å². The first-order chi connectivity index (χ1) is 12.1. The van der Waals surface area contributed by atoms with Gasteiger partial charge in [-0.3, -0.25) is 4.79 Å². The molecule has 2 aromatic heterocycles. The van der Waals surface area contributed by atoms with Crippen LogP contribution in [0, 0.1) is 0 Å². The van der Waals surface area contributed by atoms with Crippen molar-refractivity contribution < 1.29 is 14.7 Å². The lowest BCUT2D eigenvalue weighted by atomic mass is 10.1. The minimum atomic E-state index is -1.03. The number of hydrogen-bond donors (Lipinski definition) is 3. The molecule has 0 radical (unpaired) electrons. The minimum absolute atomic E-state index is 0.0620. The van der Waals surface area contributed by atoms with Crippen LogP contribution in [-0.2, 0) is 17.9 Å². The second kappa shape index (κ2) is 10.2. The van der Waals surface area contributed by atoms with Crippen LogP contribution < -0.4 is 11.1 Å². The number of carbonyl (C=O) groups excluding carboxylic acids is 1. The molecule has 2 heterocycles. The molecular weight excluding hydrogens is 358 g/mol. The van der Waals surface area contributed by atoms with Gasteiger partial charge in [-0.2, -0.15) is 0 Å². The Balaban J connectivity index is 1.88. The molecule has 8 heteroatoms.